The molecule has 1 aliphatic heterocycles. The lowest BCUT2D eigenvalue weighted by Crippen LogP contribution is -2.56. The summed E-state index contributed by atoms with van der Waals surface area (Å²) in [7, 11) is 0. The minimum atomic E-state index is -2.88. The topological polar surface area (TPSA) is 64.8 Å². The predicted molar refractivity (Wildman–Crippen MR) is 93.1 cm³/mol. The van der Waals surface area contributed by atoms with E-state index < -0.39 is 12.2 Å². The number of amides is 1. The van der Waals surface area contributed by atoms with Gasteiger partial charge in [0, 0.05) is 6.54 Å². The third-order valence-electron chi connectivity index (χ3n) is 4.07. The van der Waals surface area contributed by atoms with Crippen LogP contribution in [0.1, 0.15) is 38.4 Å². The lowest BCUT2D eigenvalue weighted by atomic mass is 9.95. The van der Waals surface area contributed by atoms with Crippen LogP contribution in [0.3, 0.4) is 0 Å². The Bertz CT molecular complexity index is 573. The molecule has 1 fully saturated rings. The van der Waals surface area contributed by atoms with Gasteiger partial charge in [-0.25, -0.2) is 0 Å². The molecule has 0 aliphatic carbocycles. The highest BCUT2D eigenvalue weighted by Gasteiger charge is 2.35. The molecule has 1 amide bonds. The Kier molecular flexibility index (Phi) is 8.05. The maximum Gasteiger partial charge on any atom is 0.387 e. The SMILES string of the molecule is CCCC(C)(N)C(=O)N1CCOC(c2cccc(OC(F)F)c2)C1.Cl. The molecule has 1 saturated heterocycles. The van der Waals surface area contributed by atoms with Crippen molar-refractivity contribution in [1.29, 1.82) is 0 Å². The van der Waals surface area contributed by atoms with Gasteiger partial charge in [-0.3, -0.25) is 4.79 Å². The number of nitrogens with two attached hydrogens (primary N) is 1. The Balaban J connectivity index is 0.00000312. The van der Waals surface area contributed by atoms with E-state index in [0.29, 0.717) is 31.7 Å². The maximum atomic E-state index is 12.6. The van der Waals surface area contributed by atoms with E-state index in [-0.39, 0.29) is 30.2 Å². The first-order chi connectivity index (χ1) is 11.3. The first-order valence-corrected chi connectivity index (χ1v) is 8.08. The number of alkyl halides is 2. The summed E-state index contributed by atoms with van der Waals surface area (Å²) < 4.78 is 34.8. The molecule has 2 atom stereocenters. The highest BCUT2D eigenvalue weighted by molar-refractivity contribution is 5.86. The van der Waals surface area contributed by atoms with E-state index >= 15 is 0 Å². The zero-order chi connectivity index (χ0) is 17.7. The van der Waals surface area contributed by atoms with Crippen LogP contribution in [0.4, 0.5) is 8.78 Å². The quantitative estimate of drug-likeness (QED) is 0.826. The number of benzene rings is 1. The normalized spacial score (nSPS) is 19.9. The Morgan fingerprint density at radius 3 is 2.88 bits per heavy atom. The number of carbonyl (C=O) groups is 1. The molecule has 2 unspecified atom stereocenters. The number of hydrogen-bond acceptors (Lipinski definition) is 4. The number of halogens is 3. The van der Waals surface area contributed by atoms with Crippen molar-refractivity contribution >= 4 is 18.3 Å². The van der Waals surface area contributed by atoms with Gasteiger partial charge < -0.3 is 20.1 Å². The summed E-state index contributed by atoms with van der Waals surface area (Å²) in [6.07, 6.45) is 1.03. The fourth-order valence-corrected chi connectivity index (χ4v) is 2.91. The standard InChI is InChI=1S/C17H24F2N2O3.ClH/c1-3-7-17(2,20)15(22)21-8-9-23-14(11-21)12-5-4-6-13(10-12)24-16(18)19;/h4-6,10,14,16H,3,7-9,11,20H2,1-2H3;1H. The van der Waals surface area contributed by atoms with Crippen LogP contribution in [0.25, 0.3) is 0 Å². The molecule has 0 bridgehead atoms. The van der Waals surface area contributed by atoms with E-state index in [0.717, 1.165) is 6.42 Å². The van der Waals surface area contributed by atoms with Crippen molar-refractivity contribution in [2.45, 2.75) is 44.9 Å². The van der Waals surface area contributed by atoms with Gasteiger partial charge in [0.15, 0.2) is 0 Å². The third kappa shape index (κ3) is 5.80. The number of morpholine rings is 1. The fraction of sp³-hybridized carbons (Fsp3) is 0.588. The minimum Gasteiger partial charge on any atom is -0.435 e. The first kappa shape index (κ1) is 21.6. The van der Waals surface area contributed by atoms with E-state index in [1.54, 1.807) is 24.0 Å². The molecule has 1 aromatic rings. The predicted octanol–water partition coefficient (Wildman–Crippen LogP) is 3.13. The molecular weight excluding hydrogens is 354 g/mol. The molecule has 1 aromatic carbocycles. The summed E-state index contributed by atoms with van der Waals surface area (Å²) >= 11 is 0. The van der Waals surface area contributed by atoms with Crippen molar-refractivity contribution in [3.05, 3.63) is 29.8 Å². The zero-order valence-corrected chi connectivity index (χ0v) is 15.2. The molecule has 2 N–H and O–H groups in total. The van der Waals surface area contributed by atoms with Crippen molar-refractivity contribution in [2.24, 2.45) is 5.73 Å². The molecule has 0 saturated carbocycles. The second-order valence-corrected chi connectivity index (χ2v) is 6.23. The van der Waals surface area contributed by atoms with E-state index in [9.17, 15) is 13.6 Å². The molecular formula is C17H25ClF2N2O3. The maximum absolute atomic E-state index is 12.6. The van der Waals surface area contributed by atoms with E-state index in [1.165, 1.54) is 12.1 Å². The molecule has 8 heteroatoms. The van der Waals surface area contributed by atoms with Crippen LogP contribution < -0.4 is 10.5 Å². The number of rotatable bonds is 6. The van der Waals surface area contributed by atoms with E-state index in [1.807, 2.05) is 6.92 Å². The van der Waals surface area contributed by atoms with Gasteiger partial charge in [0.1, 0.15) is 11.9 Å². The molecule has 1 aliphatic rings. The molecule has 0 spiro atoms. The average Bonchev–Trinajstić information content (AvgIpc) is 2.54. The molecule has 142 valence electrons. The van der Waals surface area contributed by atoms with Crippen LogP contribution >= 0.6 is 12.4 Å². The van der Waals surface area contributed by atoms with Gasteiger partial charge in [0.05, 0.1) is 18.7 Å². The lowest BCUT2D eigenvalue weighted by molar-refractivity contribution is -0.144. The summed E-state index contributed by atoms with van der Waals surface area (Å²) in [5, 5.41) is 0. The fourth-order valence-electron chi connectivity index (χ4n) is 2.91. The average molecular weight is 379 g/mol. The number of carbonyl (C=O) groups excluding carboxylic acids is 1. The molecule has 1 heterocycles. The molecule has 0 aromatic heterocycles. The highest BCUT2D eigenvalue weighted by atomic mass is 35.5. The van der Waals surface area contributed by atoms with Crippen LogP contribution in [0.15, 0.2) is 24.3 Å². The molecule has 25 heavy (non-hydrogen) atoms. The van der Waals surface area contributed by atoms with Crippen LogP contribution in [-0.4, -0.2) is 42.7 Å². The summed E-state index contributed by atoms with van der Waals surface area (Å²) in [6, 6.07) is 6.37. The van der Waals surface area contributed by atoms with Crippen molar-refractivity contribution in [1.82, 2.24) is 4.90 Å². The van der Waals surface area contributed by atoms with Crippen LogP contribution in [0.2, 0.25) is 0 Å². The summed E-state index contributed by atoms with van der Waals surface area (Å²) in [4.78, 5) is 14.3. The molecule has 5 nitrogen and oxygen atoms in total. The summed E-state index contributed by atoms with van der Waals surface area (Å²) in [5.41, 5.74) is 5.92. The second-order valence-electron chi connectivity index (χ2n) is 6.23. The van der Waals surface area contributed by atoms with Crippen molar-refractivity contribution in [2.75, 3.05) is 19.7 Å². The Morgan fingerprint density at radius 1 is 1.52 bits per heavy atom. The van der Waals surface area contributed by atoms with E-state index in [2.05, 4.69) is 4.74 Å². The van der Waals surface area contributed by atoms with Gasteiger partial charge in [0.2, 0.25) is 5.91 Å². The summed E-state index contributed by atoms with van der Waals surface area (Å²) in [6.45, 7) is 2.03. The minimum absolute atomic E-state index is 0. The zero-order valence-electron chi connectivity index (χ0n) is 14.4. The first-order valence-electron chi connectivity index (χ1n) is 8.08. The van der Waals surface area contributed by atoms with Crippen molar-refractivity contribution < 1.29 is 23.0 Å². The summed E-state index contributed by atoms with van der Waals surface area (Å²) in [5.74, 6) is -0.0400. The number of hydrogen-bond donors (Lipinski definition) is 1. The van der Waals surface area contributed by atoms with Crippen LogP contribution in [-0.2, 0) is 9.53 Å². The molecule has 0 radical (unpaired) electrons. The highest BCUT2D eigenvalue weighted by Crippen LogP contribution is 2.27. The van der Waals surface area contributed by atoms with Crippen LogP contribution in [0, 0.1) is 0 Å². The smallest absolute Gasteiger partial charge is 0.387 e. The third-order valence-corrected chi connectivity index (χ3v) is 4.07. The lowest BCUT2D eigenvalue weighted by Gasteiger charge is -2.37. The number of nitrogens with zero attached hydrogens (tertiary/aromatic N) is 1. The number of ether oxygens (including phenoxy) is 2. The molecule has 2 rings (SSSR count). The van der Waals surface area contributed by atoms with Gasteiger partial charge in [-0.15, -0.1) is 12.4 Å². The second kappa shape index (κ2) is 9.31. The van der Waals surface area contributed by atoms with Gasteiger partial charge in [-0.2, -0.15) is 8.78 Å². The Hall–Kier alpha value is -1.44. The van der Waals surface area contributed by atoms with Crippen molar-refractivity contribution in [3.8, 4) is 5.75 Å². The monoisotopic (exact) mass is 378 g/mol. The van der Waals surface area contributed by atoms with Crippen LogP contribution in [0.5, 0.6) is 5.75 Å². The van der Waals surface area contributed by atoms with Crippen molar-refractivity contribution in [3.63, 3.8) is 0 Å². The van der Waals surface area contributed by atoms with Gasteiger partial charge in [-0.05, 0) is 31.0 Å². The van der Waals surface area contributed by atoms with Gasteiger partial charge >= 0.3 is 6.61 Å². The van der Waals surface area contributed by atoms with E-state index in [4.69, 9.17) is 10.5 Å². The van der Waals surface area contributed by atoms with Gasteiger partial charge in [-0.1, -0.05) is 25.5 Å². The largest absolute Gasteiger partial charge is 0.435 e. The Morgan fingerprint density at radius 2 is 2.24 bits per heavy atom. The van der Waals surface area contributed by atoms with Gasteiger partial charge in [0.25, 0.3) is 0 Å². The Labute approximate surface area is 152 Å².